The van der Waals surface area contributed by atoms with E-state index in [2.05, 4.69) is 34.9 Å². The average molecular weight is 665 g/mol. The predicted molar refractivity (Wildman–Crippen MR) is 176 cm³/mol. The Hall–Kier alpha value is -4.18. The van der Waals surface area contributed by atoms with E-state index in [9.17, 15) is 9.59 Å². The topological polar surface area (TPSA) is 101 Å². The van der Waals surface area contributed by atoms with Gasteiger partial charge in [-0.25, -0.2) is 9.78 Å². The van der Waals surface area contributed by atoms with Gasteiger partial charge in [-0.15, -0.1) is 0 Å². The van der Waals surface area contributed by atoms with Crippen molar-refractivity contribution in [1.82, 2.24) is 9.66 Å². The lowest BCUT2D eigenvalue weighted by molar-refractivity contribution is -0.149. The highest BCUT2D eigenvalue weighted by Gasteiger charge is 2.19. The Morgan fingerprint density at radius 2 is 1.70 bits per heavy atom. The Balaban J connectivity index is 1.83. The molecule has 3 aromatic carbocycles. The van der Waals surface area contributed by atoms with E-state index in [0.717, 1.165) is 22.4 Å². The number of hydrogen-bond acceptors (Lipinski definition) is 8. The first-order valence-corrected chi connectivity index (χ1v) is 15.5. The van der Waals surface area contributed by atoms with Gasteiger partial charge < -0.3 is 18.9 Å². The normalized spacial score (nSPS) is 11.5. The van der Waals surface area contributed by atoms with E-state index in [1.54, 1.807) is 44.3 Å². The summed E-state index contributed by atoms with van der Waals surface area (Å²) in [7, 11) is 0. The van der Waals surface area contributed by atoms with Gasteiger partial charge in [-0.1, -0.05) is 26.0 Å². The maximum Gasteiger partial charge on any atom is 0.344 e. The van der Waals surface area contributed by atoms with Gasteiger partial charge in [-0.2, -0.15) is 9.78 Å². The molecule has 0 amide bonds. The van der Waals surface area contributed by atoms with Crippen LogP contribution in [0.5, 0.6) is 17.2 Å². The predicted octanol–water partition coefficient (Wildman–Crippen LogP) is 7.27. The van der Waals surface area contributed by atoms with Crippen molar-refractivity contribution >= 4 is 39.0 Å². The number of ether oxygens (including phenoxy) is 4. The zero-order chi connectivity index (χ0) is 32.0. The number of carbonyl (C=O) groups is 1. The third kappa shape index (κ3) is 7.48. The van der Waals surface area contributed by atoms with Gasteiger partial charge >= 0.3 is 5.97 Å². The molecule has 0 spiro atoms. The molecule has 0 radical (unpaired) electrons. The molecule has 44 heavy (non-hydrogen) atoms. The highest BCUT2D eigenvalue weighted by Crippen LogP contribution is 2.37. The van der Waals surface area contributed by atoms with Crippen LogP contribution in [-0.2, 0) is 9.53 Å². The zero-order valence-corrected chi connectivity index (χ0v) is 27.7. The lowest BCUT2D eigenvalue weighted by atomic mass is 9.96. The molecule has 232 valence electrons. The van der Waals surface area contributed by atoms with Gasteiger partial charge in [0.1, 0.15) is 5.75 Å². The summed E-state index contributed by atoms with van der Waals surface area (Å²) in [6.07, 6.45) is 1.32. The molecule has 0 bridgehead atoms. The summed E-state index contributed by atoms with van der Waals surface area (Å²) in [6, 6.07) is 14.8. The van der Waals surface area contributed by atoms with Crippen LogP contribution >= 0.6 is 15.9 Å². The second-order valence-electron chi connectivity index (χ2n) is 10.7. The molecule has 1 heterocycles. The van der Waals surface area contributed by atoms with Gasteiger partial charge in [0.05, 0.1) is 40.9 Å². The smallest absolute Gasteiger partial charge is 0.344 e. The molecule has 0 aliphatic rings. The van der Waals surface area contributed by atoms with Crippen LogP contribution in [0.3, 0.4) is 0 Å². The quantitative estimate of drug-likeness (QED) is 0.116. The minimum atomic E-state index is -0.485. The van der Waals surface area contributed by atoms with Crippen LogP contribution in [0.4, 0.5) is 0 Å². The van der Waals surface area contributed by atoms with E-state index >= 15 is 0 Å². The summed E-state index contributed by atoms with van der Waals surface area (Å²) >= 11 is 3.53. The lowest BCUT2D eigenvalue weighted by Crippen LogP contribution is -2.21. The summed E-state index contributed by atoms with van der Waals surface area (Å²) in [6.45, 7) is 14.2. The van der Waals surface area contributed by atoms with Gasteiger partial charge in [0, 0.05) is 5.56 Å². The van der Waals surface area contributed by atoms with Crippen LogP contribution in [0.2, 0.25) is 0 Å². The van der Waals surface area contributed by atoms with Crippen LogP contribution in [0.1, 0.15) is 64.2 Å². The minimum absolute atomic E-state index is 0.183. The van der Waals surface area contributed by atoms with Gasteiger partial charge in [-0.05, 0) is 110 Å². The van der Waals surface area contributed by atoms with Crippen molar-refractivity contribution in [2.75, 3.05) is 19.8 Å². The Morgan fingerprint density at radius 1 is 1.00 bits per heavy atom. The van der Waals surface area contributed by atoms with Gasteiger partial charge in [0.25, 0.3) is 5.56 Å². The number of nitrogens with zero attached hydrogens (tertiary/aromatic N) is 3. The first kappa shape index (κ1) is 32.7. The molecule has 0 atom stereocenters. The standard InChI is InChI=1S/C34H38BrN3O6/c1-8-41-29-14-22(7)26(17-25(29)20(3)4)33-37-28-13-11-10-12-24(28)34(40)38(33)36-18-23-15-27(35)32(30(16-23)42-9-2)43-19-31(39)44-21(5)6/h10-18,20-21H,8-9,19H2,1-7H3. The third-order valence-electron chi connectivity index (χ3n) is 6.63. The van der Waals surface area contributed by atoms with E-state index in [1.807, 2.05) is 45.0 Å². The fraction of sp³-hybridized carbons (Fsp3) is 0.353. The average Bonchev–Trinajstić information content (AvgIpc) is 2.96. The van der Waals surface area contributed by atoms with Crippen LogP contribution in [-0.4, -0.2) is 47.8 Å². The van der Waals surface area contributed by atoms with E-state index in [0.29, 0.717) is 51.5 Å². The van der Waals surface area contributed by atoms with E-state index in [4.69, 9.17) is 23.9 Å². The Labute approximate surface area is 265 Å². The molecule has 1 aromatic heterocycles. The lowest BCUT2D eigenvalue weighted by Gasteiger charge is -2.18. The maximum absolute atomic E-state index is 13.8. The monoisotopic (exact) mass is 663 g/mol. The molecule has 0 unspecified atom stereocenters. The minimum Gasteiger partial charge on any atom is -0.494 e. The molecule has 4 rings (SSSR count). The number of carbonyl (C=O) groups excluding carboxylic acids is 1. The summed E-state index contributed by atoms with van der Waals surface area (Å²) in [4.78, 5) is 30.8. The first-order chi connectivity index (χ1) is 21.0. The van der Waals surface area contributed by atoms with E-state index in [1.165, 1.54) is 4.68 Å². The molecule has 10 heteroatoms. The molecule has 0 aliphatic heterocycles. The molecule has 0 N–H and O–H groups in total. The van der Waals surface area contributed by atoms with Crippen molar-refractivity contribution in [2.45, 2.75) is 60.5 Å². The van der Waals surface area contributed by atoms with Crippen molar-refractivity contribution in [3.05, 3.63) is 80.0 Å². The Bertz CT molecular complexity index is 1750. The fourth-order valence-corrected chi connectivity index (χ4v) is 5.27. The van der Waals surface area contributed by atoms with Crippen LogP contribution in [0.15, 0.2) is 62.9 Å². The van der Waals surface area contributed by atoms with E-state index < -0.39 is 5.97 Å². The van der Waals surface area contributed by atoms with Crippen LogP contribution in [0.25, 0.3) is 22.3 Å². The summed E-state index contributed by atoms with van der Waals surface area (Å²) < 4.78 is 24.5. The molecule has 0 fully saturated rings. The van der Waals surface area contributed by atoms with Gasteiger partial charge in [-0.3, -0.25) is 4.79 Å². The van der Waals surface area contributed by atoms with Crippen LogP contribution < -0.4 is 19.8 Å². The number of benzene rings is 3. The molecule has 0 saturated carbocycles. The molecule has 0 saturated heterocycles. The van der Waals surface area contributed by atoms with Crippen molar-refractivity contribution in [3.63, 3.8) is 0 Å². The Morgan fingerprint density at radius 3 is 2.39 bits per heavy atom. The number of fused-ring (bicyclic) bond motifs is 1. The van der Waals surface area contributed by atoms with Gasteiger partial charge in [0.15, 0.2) is 23.9 Å². The second-order valence-corrected chi connectivity index (χ2v) is 11.6. The van der Waals surface area contributed by atoms with Crippen molar-refractivity contribution in [3.8, 4) is 28.6 Å². The highest BCUT2D eigenvalue weighted by atomic mass is 79.9. The maximum atomic E-state index is 13.8. The molecule has 9 nitrogen and oxygen atoms in total. The summed E-state index contributed by atoms with van der Waals surface area (Å²) in [5, 5.41) is 5.10. The fourth-order valence-electron chi connectivity index (χ4n) is 4.69. The molecule has 4 aromatic rings. The largest absolute Gasteiger partial charge is 0.494 e. The van der Waals surface area contributed by atoms with Gasteiger partial charge in [0.2, 0.25) is 0 Å². The van der Waals surface area contributed by atoms with Crippen molar-refractivity contribution < 1.29 is 23.7 Å². The molecular formula is C34H38BrN3O6. The molecular weight excluding hydrogens is 626 g/mol. The first-order valence-electron chi connectivity index (χ1n) is 14.7. The second kappa shape index (κ2) is 14.5. The zero-order valence-electron chi connectivity index (χ0n) is 26.1. The van der Waals surface area contributed by atoms with Crippen molar-refractivity contribution in [1.29, 1.82) is 0 Å². The number of aryl methyl sites for hydroxylation is 1. The highest BCUT2D eigenvalue weighted by molar-refractivity contribution is 9.10. The number of rotatable bonds is 12. The summed E-state index contributed by atoms with van der Waals surface area (Å²) in [5.41, 5.74) is 3.62. The number of para-hydroxylation sites is 1. The SMILES string of the molecule is CCOc1cc(C)c(-c2nc3ccccc3c(=O)n2N=Cc2cc(Br)c(OCC(=O)OC(C)C)c(OCC)c2)cc1C(C)C. The third-order valence-corrected chi connectivity index (χ3v) is 7.22. The number of esters is 1. The number of halogens is 1. The van der Waals surface area contributed by atoms with Crippen LogP contribution in [0, 0.1) is 6.92 Å². The number of hydrogen-bond donors (Lipinski definition) is 0. The Kier molecular flexibility index (Phi) is 10.8. The van der Waals surface area contributed by atoms with E-state index in [-0.39, 0.29) is 24.2 Å². The number of aromatic nitrogens is 2. The summed E-state index contributed by atoms with van der Waals surface area (Å²) in [5.74, 6) is 1.70. The molecule has 0 aliphatic carbocycles. The van der Waals surface area contributed by atoms with Crippen molar-refractivity contribution in [2.24, 2.45) is 5.10 Å².